The standard InChI is InChI=1S/C15H16O/c1-3-5-12-8-9-13-6-4-7-14(11(2)16)15(13)10-12/h4,6-10H,3,5H2,1-2H3. The van der Waals surface area contributed by atoms with Crippen molar-refractivity contribution in [3.63, 3.8) is 0 Å². The van der Waals surface area contributed by atoms with Gasteiger partial charge in [0, 0.05) is 5.56 Å². The van der Waals surface area contributed by atoms with Crippen molar-refractivity contribution < 1.29 is 4.79 Å². The van der Waals surface area contributed by atoms with Crippen molar-refractivity contribution in [3.8, 4) is 0 Å². The Hall–Kier alpha value is -1.63. The Morgan fingerprint density at radius 2 is 2.00 bits per heavy atom. The van der Waals surface area contributed by atoms with Crippen LogP contribution < -0.4 is 0 Å². The summed E-state index contributed by atoms with van der Waals surface area (Å²) in [5, 5.41) is 2.23. The van der Waals surface area contributed by atoms with Crippen molar-refractivity contribution in [2.75, 3.05) is 0 Å². The van der Waals surface area contributed by atoms with E-state index in [-0.39, 0.29) is 5.78 Å². The summed E-state index contributed by atoms with van der Waals surface area (Å²) in [4.78, 5) is 11.5. The normalized spacial score (nSPS) is 10.6. The Morgan fingerprint density at radius 3 is 2.69 bits per heavy atom. The van der Waals surface area contributed by atoms with Crippen molar-refractivity contribution in [3.05, 3.63) is 47.5 Å². The molecule has 1 heteroatoms. The molecule has 0 spiro atoms. The van der Waals surface area contributed by atoms with Gasteiger partial charge >= 0.3 is 0 Å². The van der Waals surface area contributed by atoms with Gasteiger partial charge in [-0.05, 0) is 29.7 Å². The number of aryl methyl sites for hydroxylation is 1. The van der Waals surface area contributed by atoms with Gasteiger partial charge in [-0.2, -0.15) is 0 Å². The monoisotopic (exact) mass is 212 g/mol. The van der Waals surface area contributed by atoms with Crippen LogP contribution in [-0.4, -0.2) is 5.78 Å². The van der Waals surface area contributed by atoms with Gasteiger partial charge in [0.2, 0.25) is 0 Å². The second-order valence-corrected chi connectivity index (χ2v) is 4.17. The van der Waals surface area contributed by atoms with Crippen LogP contribution in [0.4, 0.5) is 0 Å². The van der Waals surface area contributed by atoms with Crippen LogP contribution in [0.5, 0.6) is 0 Å². The highest BCUT2D eigenvalue weighted by molar-refractivity contribution is 6.07. The highest BCUT2D eigenvalue weighted by Gasteiger charge is 2.05. The maximum absolute atomic E-state index is 11.5. The van der Waals surface area contributed by atoms with Crippen LogP contribution >= 0.6 is 0 Å². The summed E-state index contributed by atoms with van der Waals surface area (Å²) in [6.07, 6.45) is 2.20. The van der Waals surface area contributed by atoms with Crippen molar-refractivity contribution in [2.45, 2.75) is 26.7 Å². The van der Waals surface area contributed by atoms with Crippen molar-refractivity contribution in [1.29, 1.82) is 0 Å². The molecule has 2 aromatic rings. The number of ketones is 1. The SMILES string of the molecule is CCCc1ccc2cccc(C(C)=O)c2c1. The van der Waals surface area contributed by atoms with Crippen LogP contribution in [0.2, 0.25) is 0 Å². The number of hydrogen-bond acceptors (Lipinski definition) is 1. The first kappa shape index (κ1) is 10.9. The Balaban J connectivity index is 2.63. The predicted octanol–water partition coefficient (Wildman–Crippen LogP) is 3.99. The fourth-order valence-electron chi connectivity index (χ4n) is 2.07. The van der Waals surface area contributed by atoms with E-state index in [1.807, 2.05) is 12.1 Å². The minimum absolute atomic E-state index is 0.138. The van der Waals surface area contributed by atoms with E-state index in [1.54, 1.807) is 6.92 Å². The van der Waals surface area contributed by atoms with Crippen LogP contribution in [-0.2, 0) is 6.42 Å². The largest absolute Gasteiger partial charge is 0.294 e. The van der Waals surface area contributed by atoms with Crippen molar-refractivity contribution >= 4 is 16.6 Å². The Morgan fingerprint density at radius 1 is 1.19 bits per heavy atom. The van der Waals surface area contributed by atoms with Gasteiger partial charge in [-0.3, -0.25) is 4.79 Å². The van der Waals surface area contributed by atoms with E-state index in [4.69, 9.17) is 0 Å². The lowest BCUT2D eigenvalue weighted by atomic mass is 9.98. The highest BCUT2D eigenvalue weighted by Crippen LogP contribution is 2.21. The first-order chi connectivity index (χ1) is 7.72. The average molecular weight is 212 g/mol. The molecule has 0 fully saturated rings. The number of carbonyl (C=O) groups excluding carboxylic acids is 1. The third kappa shape index (κ3) is 1.99. The Labute approximate surface area is 96.1 Å². The molecule has 0 N–H and O–H groups in total. The lowest BCUT2D eigenvalue weighted by Gasteiger charge is -2.06. The molecular weight excluding hydrogens is 196 g/mol. The number of carbonyl (C=O) groups is 1. The molecule has 0 radical (unpaired) electrons. The van der Waals surface area contributed by atoms with Crippen LogP contribution in [0, 0.1) is 0 Å². The summed E-state index contributed by atoms with van der Waals surface area (Å²) in [7, 11) is 0. The third-order valence-electron chi connectivity index (χ3n) is 2.86. The molecule has 0 saturated heterocycles. The van der Waals surface area contributed by atoms with Gasteiger partial charge in [-0.1, -0.05) is 49.7 Å². The van der Waals surface area contributed by atoms with E-state index in [2.05, 4.69) is 31.2 Å². The van der Waals surface area contributed by atoms with E-state index >= 15 is 0 Å². The minimum atomic E-state index is 0.138. The zero-order valence-electron chi connectivity index (χ0n) is 9.79. The first-order valence-corrected chi connectivity index (χ1v) is 5.75. The zero-order valence-corrected chi connectivity index (χ0v) is 9.79. The fourth-order valence-corrected chi connectivity index (χ4v) is 2.07. The molecule has 82 valence electrons. The molecule has 0 aromatic heterocycles. The van der Waals surface area contributed by atoms with Crippen molar-refractivity contribution in [1.82, 2.24) is 0 Å². The molecule has 2 aromatic carbocycles. The summed E-state index contributed by atoms with van der Waals surface area (Å²) in [6.45, 7) is 3.79. The summed E-state index contributed by atoms with van der Waals surface area (Å²) in [5.41, 5.74) is 2.14. The second kappa shape index (κ2) is 4.48. The lowest BCUT2D eigenvalue weighted by molar-refractivity contribution is 0.101. The first-order valence-electron chi connectivity index (χ1n) is 5.75. The molecule has 16 heavy (non-hydrogen) atoms. The van der Waals surface area contributed by atoms with Gasteiger partial charge in [0.05, 0.1) is 0 Å². The van der Waals surface area contributed by atoms with Crippen LogP contribution in [0.25, 0.3) is 10.8 Å². The fraction of sp³-hybridized carbons (Fsp3) is 0.267. The zero-order chi connectivity index (χ0) is 11.5. The molecule has 0 atom stereocenters. The molecular formula is C15H16O. The average Bonchev–Trinajstić information content (AvgIpc) is 2.28. The van der Waals surface area contributed by atoms with Gasteiger partial charge in [0.1, 0.15) is 0 Å². The summed E-state index contributed by atoms with van der Waals surface area (Å²) in [6, 6.07) is 12.3. The third-order valence-corrected chi connectivity index (χ3v) is 2.86. The number of hydrogen-bond donors (Lipinski definition) is 0. The van der Waals surface area contributed by atoms with E-state index in [9.17, 15) is 4.79 Å². The summed E-state index contributed by atoms with van der Waals surface area (Å²) < 4.78 is 0. The van der Waals surface area contributed by atoms with E-state index in [0.29, 0.717) is 0 Å². The number of Topliss-reactive ketones (excluding diaryl/α,β-unsaturated/α-hetero) is 1. The van der Waals surface area contributed by atoms with Crippen LogP contribution in [0.3, 0.4) is 0 Å². The van der Waals surface area contributed by atoms with Gasteiger partial charge < -0.3 is 0 Å². The molecule has 0 heterocycles. The molecule has 0 unspecified atom stereocenters. The van der Waals surface area contributed by atoms with Crippen LogP contribution in [0.15, 0.2) is 36.4 Å². The molecule has 1 nitrogen and oxygen atoms in total. The van der Waals surface area contributed by atoms with Gasteiger partial charge in [0.25, 0.3) is 0 Å². The minimum Gasteiger partial charge on any atom is -0.294 e. The molecule has 0 bridgehead atoms. The Kier molecular flexibility index (Phi) is 3.04. The summed E-state index contributed by atoms with van der Waals surface area (Å²) in [5.74, 6) is 0.138. The Bertz CT molecular complexity index is 526. The molecule has 0 saturated carbocycles. The smallest absolute Gasteiger partial charge is 0.160 e. The predicted molar refractivity (Wildman–Crippen MR) is 67.9 cm³/mol. The van der Waals surface area contributed by atoms with Gasteiger partial charge in [-0.15, -0.1) is 0 Å². The molecule has 0 aliphatic carbocycles. The number of rotatable bonds is 3. The summed E-state index contributed by atoms with van der Waals surface area (Å²) >= 11 is 0. The molecule has 0 aliphatic heterocycles. The van der Waals surface area contributed by atoms with E-state index in [1.165, 1.54) is 5.56 Å². The van der Waals surface area contributed by atoms with Crippen LogP contribution in [0.1, 0.15) is 36.2 Å². The number of fused-ring (bicyclic) bond motifs is 1. The van der Waals surface area contributed by atoms with Gasteiger partial charge in [-0.25, -0.2) is 0 Å². The van der Waals surface area contributed by atoms with E-state index in [0.717, 1.165) is 29.2 Å². The molecule has 0 aliphatic rings. The van der Waals surface area contributed by atoms with E-state index < -0.39 is 0 Å². The maximum atomic E-state index is 11.5. The molecule has 0 amide bonds. The second-order valence-electron chi connectivity index (χ2n) is 4.17. The van der Waals surface area contributed by atoms with Gasteiger partial charge in [0.15, 0.2) is 5.78 Å². The quantitative estimate of drug-likeness (QED) is 0.703. The highest BCUT2D eigenvalue weighted by atomic mass is 16.1. The number of benzene rings is 2. The lowest BCUT2D eigenvalue weighted by Crippen LogP contribution is -1.94. The van der Waals surface area contributed by atoms with Crippen molar-refractivity contribution in [2.24, 2.45) is 0 Å². The molecule has 2 rings (SSSR count). The topological polar surface area (TPSA) is 17.1 Å². The maximum Gasteiger partial charge on any atom is 0.160 e.